The van der Waals surface area contributed by atoms with Crippen LogP contribution in [0.2, 0.25) is 5.02 Å². The maximum Gasteiger partial charge on any atom is 0.308 e. The Morgan fingerprint density at radius 2 is 2.14 bits per heavy atom. The van der Waals surface area contributed by atoms with E-state index in [-0.39, 0.29) is 18.3 Å². The molecule has 0 radical (unpaired) electrons. The fourth-order valence-electron chi connectivity index (χ4n) is 2.32. The van der Waals surface area contributed by atoms with Crippen molar-refractivity contribution in [1.29, 1.82) is 0 Å². The number of aryl methyl sites for hydroxylation is 1. The van der Waals surface area contributed by atoms with Gasteiger partial charge in [0.1, 0.15) is 0 Å². The van der Waals surface area contributed by atoms with E-state index in [0.717, 1.165) is 10.0 Å². The SMILES string of the molecule is Cl.O=C(O)C1CCN(C(=O)CCc2cc(Cl)ccc2Br)C1. The summed E-state index contributed by atoms with van der Waals surface area (Å²) >= 11 is 9.36. The first-order valence-corrected chi connectivity index (χ1v) is 7.59. The molecule has 1 aliphatic rings. The molecule has 1 aromatic rings. The molecule has 0 aliphatic carbocycles. The molecule has 4 nitrogen and oxygen atoms in total. The molecule has 2 rings (SSSR count). The fourth-order valence-corrected chi connectivity index (χ4v) is 2.96. The van der Waals surface area contributed by atoms with Crippen molar-refractivity contribution in [3.05, 3.63) is 33.3 Å². The van der Waals surface area contributed by atoms with Crippen LogP contribution in [0.5, 0.6) is 0 Å². The lowest BCUT2D eigenvalue weighted by Crippen LogP contribution is -2.30. The highest BCUT2D eigenvalue weighted by Gasteiger charge is 2.30. The molecule has 1 aromatic carbocycles. The zero-order valence-electron chi connectivity index (χ0n) is 11.2. The zero-order valence-corrected chi connectivity index (χ0v) is 14.4. The number of amides is 1. The van der Waals surface area contributed by atoms with Gasteiger partial charge in [0, 0.05) is 29.0 Å². The number of hydrogen-bond acceptors (Lipinski definition) is 2. The van der Waals surface area contributed by atoms with Gasteiger partial charge in [0.05, 0.1) is 5.92 Å². The molecule has 1 atom stereocenters. The summed E-state index contributed by atoms with van der Waals surface area (Å²) in [6, 6.07) is 5.48. The van der Waals surface area contributed by atoms with Crippen molar-refractivity contribution >= 4 is 51.8 Å². The predicted molar refractivity (Wildman–Crippen MR) is 87.0 cm³/mol. The number of carboxylic acid groups (broad SMARTS) is 1. The smallest absolute Gasteiger partial charge is 0.308 e. The van der Waals surface area contributed by atoms with Crippen LogP contribution in [0, 0.1) is 5.92 Å². The van der Waals surface area contributed by atoms with E-state index in [2.05, 4.69) is 15.9 Å². The Morgan fingerprint density at radius 3 is 2.76 bits per heavy atom. The van der Waals surface area contributed by atoms with E-state index in [0.29, 0.717) is 37.4 Å². The molecule has 1 amide bonds. The maximum absolute atomic E-state index is 12.1. The van der Waals surface area contributed by atoms with Crippen LogP contribution in [0.25, 0.3) is 0 Å². The molecule has 7 heteroatoms. The van der Waals surface area contributed by atoms with E-state index in [9.17, 15) is 9.59 Å². The highest BCUT2D eigenvalue weighted by molar-refractivity contribution is 9.10. The minimum atomic E-state index is -0.821. The van der Waals surface area contributed by atoms with Gasteiger partial charge in [-0.25, -0.2) is 0 Å². The summed E-state index contributed by atoms with van der Waals surface area (Å²) in [4.78, 5) is 24.6. The highest BCUT2D eigenvalue weighted by Crippen LogP contribution is 2.23. The first kappa shape index (κ1) is 18.3. The van der Waals surface area contributed by atoms with Crippen LogP contribution in [-0.2, 0) is 16.0 Å². The number of carboxylic acids is 1. The van der Waals surface area contributed by atoms with Crippen molar-refractivity contribution in [2.75, 3.05) is 13.1 Å². The number of rotatable bonds is 4. The van der Waals surface area contributed by atoms with Gasteiger partial charge in [-0.2, -0.15) is 0 Å². The van der Waals surface area contributed by atoms with E-state index in [1.807, 2.05) is 12.1 Å². The number of halogens is 3. The second-order valence-corrected chi connectivity index (χ2v) is 6.19. The van der Waals surface area contributed by atoms with E-state index in [4.69, 9.17) is 16.7 Å². The average molecular weight is 397 g/mol. The molecule has 0 aromatic heterocycles. The van der Waals surface area contributed by atoms with Crippen molar-refractivity contribution in [3.63, 3.8) is 0 Å². The highest BCUT2D eigenvalue weighted by atomic mass is 79.9. The third-order valence-electron chi connectivity index (χ3n) is 3.51. The summed E-state index contributed by atoms with van der Waals surface area (Å²) in [5.41, 5.74) is 0.986. The van der Waals surface area contributed by atoms with Crippen LogP contribution in [0.1, 0.15) is 18.4 Å². The number of likely N-dealkylation sites (tertiary alicyclic amines) is 1. The summed E-state index contributed by atoms with van der Waals surface area (Å²) in [5.74, 6) is -1.24. The third kappa shape index (κ3) is 4.87. The van der Waals surface area contributed by atoms with Gasteiger partial charge in [-0.1, -0.05) is 27.5 Å². The number of aliphatic carboxylic acids is 1. The van der Waals surface area contributed by atoms with Gasteiger partial charge in [0.2, 0.25) is 5.91 Å². The van der Waals surface area contributed by atoms with E-state index >= 15 is 0 Å². The minimum Gasteiger partial charge on any atom is -0.481 e. The van der Waals surface area contributed by atoms with Crippen molar-refractivity contribution in [2.24, 2.45) is 5.92 Å². The molecule has 116 valence electrons. The van der Waals surface area contributed by atoms with Gasteiger partial charge < -0.3 is 10.0 Å². The summed E-state index contributed by atoms with van der Waals surface area (Å²) < 4.78 is 0.930. The standard InChI is InChI=1S/C14H15BrClNO3.ClH/c15-12-3-2-11(16)7-9(12)1-4-13(18)17-6-5-10(8-17)14(19)20;/h2-3,7,10H,1,4-6,8H2,(H,19,20);1H. The van der Waals surface area contributed by atoms with Crippen LogP contribution >= 0.6 is 39.9 Å². The Morgan fingerprint density at radius 1 is 1.43 bits per heavy atom. The first-order valence-electron chi connectivity index (χ1n) is 6.42. The molecule has 1 unspecified atom stereocenters. The van der Waals surface area contributed by atoms with E-state index in [1.54, 1.807) is 11.0 Å². The van der Waals surface area contributed by atoms with Crippen LogP contribution in [0.3, 0.4) is 0 Å². The molecule has 21 heavy (non-hydrogen) atoms. The summed E-state index contributed by atoms with van der Waals surface area (Å²) in [6.45, 7) is 0.859. The predicted octanol–water partition coefficient (Wildman–Crippen LogP) is 3.39. The average Bonchev–Trinajstić information content (AvgIpc) is 2.89. The number of nitrogens with zero attached hydrogens (tertiary/aromatic N) is 1. The van der Waals surface area contributed by atoms with Crippen LogP contribution < -0.4 is 0 Å². The number of benzene rings is 1. The second-order valence-electron chi connectivity index (χ2n) is 4.90. The van der Waals surface area contributed by atoms with Crippen LogP contribution in [0.15, 0.2) is 22.7 Å². The monoisotopic (exact) mass is 395 g/mol. The number of carbonyl (C=O) groups is 2. The molecular formula is C14H16BrCl2NO3. The van der Waals surface area contributed by atoms with Gasteiger partial charge in [0.15, 0.2) is 0 Å². The Hall–Kier alpha value is -0.780. The lowest BCUT2D eigenvalue weighted by atomic mass is 10.1. The molecule has 1 aliphatic heterocycles. The minimum absolute atomic E-state index is 0. The topological polar surface area (TPSA) is 57.6 Å². The Kier molecular flexibility index (Phi) is 6.97. The van der Waals surface area contributed by atoms with Crippen molar-refractivity contribution in [3.8, 4) is 0 Å². The Bertz CT molecular complexity index is 539. The molecule has 0 saturated carbocycles. The normalized spacial score (nSPS) is 17.4. The van der Waals surface area contributed by atoms with Crippen molar-refractivity contribution in [1.82, 2.24) is 4.90 Å². The largest absolute Gasteiger partial charge is 0.481 e. The summed E-state index contributed by atoms with van der Waals surface area (Å²) in [6.07, 6.45) is 1.50. The molecule has 1 heterocycles. The number of carbonyl (C=O) groups excluding carboxylic acids is 1. The van der Waals surface area contributed by atoms with E-state index in [1.165, 1.54) is 0 Å². The van der Waals surface area contributed by atoms with Gasteiger partial charge in [-0.3, -0.25) is 9.59 Å². The molecule has 1 N–H and O–H groups in total. The first-order chi connectivity index (χ1) is 9.47. The Labute approximate surface area is 143 Å². The molecule has 1 fully saturated rings. The van der Waals surface area contributed by atoms with Gasteiger partial charge in [-0.15, -0.1) is 12.4 Å². The lowest BCUT2D eigenvalue weighted by Gasteiger charge is -2.16. The fraction of sp³-hybridized carbons (Fsp3) is 0.429. The summed E-state index contributed by atoms with van der Waals surface area (Å²) in [7, 11) is 0. The lowest BCUT2D eigenvalue weighted by molar-refractivity contribution is -0.141. The molecule has 0 bridgehead atoms. The molecule has 1 saturated heterocycles. The second kappa shape index (κ2) is 8.01. The van der Waals surface area contributed by atoms with Crippen LogP contribution in [0.4, 0.5) is 0 Å². The van der Waals surface area contributed by atoms with Crippen molar-refractivity contribution < 1.29 is 14.7 Å². The third-order valence-corrected chi connectivity index (χ3v) is 4.51. The van der Waals surface area contributed by atoms with Gasteiger partial charge in [-0.05, 0) is 36.6 Å². The quantitative estimate of drug-likeness (QED) is 0.848. The zero-order chi connectivity index (χ0) is 14.7. The van der Waals surface area contributed by atoms with Crippen LogP contribution in [-0.4, -0.2) is 35.0 Å². The molecule has 0 spiro atoms. The summed E-state index contributed by atoms with van der Waals surface area (Å²) in [5, 5.41) is 9.57. The van der Waals surface area contributed by atoms with E-state index < -0.39 is 11.9 Å². The van der Waals surface area contributed by atoms with Crippen molar-refractivity contribution in [2.45, 2.75) is 19.3 Å². The van der Waals surface area contributed by atoms with Gasteiger partial charge in [0.25, 0.3) is 0 Å². The maximum atomic E-state index is 12.1. The number of hydrogen-bond donors (Lipinski definition) is 1. The van der Waals surface area contributed by atoms with Gasteiger partial charge >= 0.3 is 5.97 Å². The molecular weight excluding hydrogens is 381 g/mol. The Balaban J connectivity index is 0.00000220.